The highest BCUT2D eigenvalue weighted by Crippen LogP contribution is 2.28. The van der Waals surface area contributed by atoms with Crippen LogP contribution in [0.2, 0.25) is 0 Å². The van der Waals surface area contributed by atoms with Crippen LogP contribution in [0.3, 0.4) is 0 Å². The van der Waals surface area contributed by atoms with Crippen molar-refractivity contribution in [1.29, 1.82) is 0 Å². The molecule has 0 unspecified atom stereocenters. The monoisotopic (exact) mass is 414 g/mol. The number of fused-ring (bicyclic) bond motifs is 1. The lowest BCUT2D eigenvalue weighted by atomic mass is 10.2. The summed E-state index contributed by atoms with van der Waals surface area (Å²) in [5.41, 5.74) is 2.93. The molecule has 30 heavy (non-hydrogen) atoms. The number of nitrogens with zero attached hydrogens (tertiary/aromatic N) is 4. The number of furan rings is 1. The maximum Gasteiger partial charge on any atom is 0.211 e. The van der Waals surface area contributed by atoms with Crippen molar-refractivity contribution < 1.29 is 8.81 Å². The van der Waals surface area contributed by atoms with Crippen LogP contribution in [-0.2, 0) is 0 Å². The van der Waals surface area contributed by atoms with Crippen molar-refractivity contribution in [2.75, 3.05) is 0 Å². The average Bonchev–Trinajstić information content (AvgIpc) is 3.38. The van der Waals surface area contributed by atoms with E-state index in [-0.39, 0.29) is 5.82 Å². The van der Waals surface area contributed by atoms with Gasteiger partial charge in [-0.05, 0) is 48.5 Å². The Balaban J connectivity index is 1.65. The van der Waals surface area contributed by atoms with E-state index in [1.807, 2.05) is 53.9 Å². The Kier molecular flexibility index (Phi) is 4.78. The Bertz CT molecular complexity index is 1370. The van der Waals surface area contributed by atoms with Crippen molar-refractivity contribution in [3.05, 3.63) is 101 Å². The first-order valence-corrected chi connectivity index (χ1v) is 10.1. The summed E-state index contributed by atoms with van der Waals surface area (Å²) in [6.07, 6.45) is 3.38. The van der Waals surface area contributed by atoms with Gasteiger partial charge in [-0.1, -0.05) is 24.3 Å². The molecule has 0 N–H and O–H groups in total. The van der Waals surface area contributed by atoms with Crippen LogP contribution in [0.1, 0.15) is 5.69 Å². The highest BCUT2D eigenvalue weighted by molar-refractivity contribution is 7.07. The van der Waals surface area contributed by atoms with Crippen LogP contribution in [0.5, 0.6) is 0 Å². The largest absolute Gasteiger partial charge is 0.454 e. The van der Waals surface area contributed by atoms with Crippen molar-refractivity contribution in [1.82, 2.24) is 9.66 Å². The maximum atomic E-state index is 13.3. The number of benzene rings is 2. The number of halogens is 1. The molecule has 0 bridgehead atoms. The lowest BCUT2D eigenvalue weighted by Gasteiger charge is -2.00. The molecule has 146 valence electrons. The molecule has 0 saturated carbocycles. The van der Waals surface area contributed by atoms with Crippen LogP contribution in [0.4, 0.5) is 10.1 Å². The fourth-order valence-corrected chi connectivity index (χ4v) is 3.80. The number of hydrogen-bond acceptors (Lipinski definition) is 5. The molecular formula is C23H15FN4OS. The SMILES string of the molecule is Fc1ccc(N=c2scc(-c3cc4ccccc4o3)n2N=Cc2ccccn2)cc1. The first-order valence-electron chi connectivity index (χ1n) is 9.21. The van der Waals surface area contributed by atoms with Gasteiger partial charge in [0.1, 0.15) is 17.1 Å². The Morgan fingerprint density at radius 3 is 2.63 bits per heavy atom. The maximum absolute atomic E-state index is 13.3. The van der Waals surface area contributed by atoms with Gasteiger partial charge in [0.2, 0.25) is 4.80 Å². The molecule has 0 aliphatic heterocycles. The molecule has 0 fully saturated rings. The van der Waals surface area contributed by atoms with E-state index in [1.165, 1.54) is 23.5 Å². The van der Waals surface area contributed by atoms with Gasteiger partial charge in [0.15, 0.2) is 5.76 Å². The Morgan fingerprint density at radius 1 is 1.00 bits per heavy atom. The molecule has 3 aromatic heterocycles. The topological polar surface area (TPSA) is 55.7 Å². The minimum atomic E-state index is -0.302. The van der Waals surface area contributed by atoms with E-state index in [0.29, 0.717) is 16.2 Å². The fourth-order valence-electron chi connectivity index (χ4n) is 2.96. The van der Waals surface area contributed by atoms with Crippen molar-refractivity contribution in [3.8, 4) is 11.5 Å². The molecule has 0 spiro atoms. The van der Waals surface area contributed by atoms with Crippen LogP contribution in [0.15, 0.2) is 98.9 Å². The van der Waals surface area contributed by atoms with Crippen LogP contribution in [0, 0.1) is 5.82 Å². The minimum absolute atomic E-state index is 0.302. The summed E-state index contributed by atoms with van der Waals surface area (Å²) in [6.45, 7) is 0. The fraction of sp³-hybridized carbons (Fsp3) is 0. The van der Waals surface area contributed by atoms with Crippen LogP contribution >= 0.6 is 11.3 Å². The minimum Gasteiger partial charge on any atom is -0.454 e. The van der Waals surface area contributed by atoms with E-state index in [4.69, 9.17) is 4.42 Å². The average molecular weight is 414 g/mol. The molecule has 5 rings (SSSR count). The zero-order valence-corrected chi connectivity index (χ0v) is 16.5. The lowest BCUT2D eigenvalue weighted by Crippen LogP contribution is -2.11. The summed E-state index contributed by atoms with van der Waals surface area (Å²) in [7, 11) is 0. The Morgan fingerprint density at radius 2 is 1.83 bits per heavy atom. The highest BCUT2D eigenvalue weighted by Gasteiger charge is 2.13. The van der Waals surface area contributed by atoms with Gasteiger partial charge in [-0.3, -0.25) is 4.98 Å². The third kappa shape index (κ3) is 3.70. The van der Waals surface area contributed by atoms with Crippen molar-refractivity contribution in [3.63, 3.8) is 0 Å². The molecular weight excluding hydrogens is 399 g/mol. The third-order valence-electron chi connectivity index (χ3n) is 4.41. The van der Waals surface area contributed by atoms with Gasteiger partial charge in [0.25, 0.3) is 0 Å². The van der Waals surface area contributed by atoms with Gasteiger partial charge in [-0.2, -0.15) is 5.10 Å². The molecule has 0 aliphatic rings. The molecule has 0 amide bonds. The number of thiazole rings is 1. The summed E-state index contributed by atoms with van der Waals surface area (Å²) >= 11 is 1.42. The molecule has 2 aromatic carbocycles. The number of rotatable bonds is 4. The van der Waals surface area contributed by atoms with E-state index < -0.39 is 0 Å². The van der Waals surface area contributed by atoms with E-state index >= 15 is 0 Å². The van der Waals surface area contributed by atoms with Crippen molar-refractivity contribution in [2.24, 2.45) is 10.1 Å². The Labute approximate surface area is 175 Å². The summed E-state index contributed by atoms with van der Waals surface area (Å²) in [6, 6.07) is 21.5. The van der Waals surface area contributed by atoms with Crippen LogP contribution in [-0.4, -0.2) is 15.9 Å². The zero-order chi connectivity index (χ0) is 20.3. The number of para-hydroxylation sites is 1. The normalized spacial score (nSPS) is 12.2. The predicted molar refractivity (Wildman–Crippen MR) is 116 cm³/mol. The summed E-state index contributed by atoms with van der Waals surface area (Å²) in [5.74, 6) is 0.385. The second kappa shape index (κ2) is 7.88. The second-order valence-electron chi connectivity index (χ2n) is 6.45. The second-order valence-corrected chi connectivity index (χ2v) is 7.29. The molecule has 5 aromatic rings. The molecule has 0 aliphatic carbocycles. The quantitative estimate of drug-likeness (QED) is 0.359. The third-order valence-corrected chi connectivity index (χ3v) is 5.22. The van der Waals surface area contributed by atoms with Crippen molar-refractivity contribution in [2.45, 2.75) is 0 Å². The lowest BCUT2D eigenvalue weighted by molar-refractivity contribution is 0.622. The van der Waals surface area contributed by atoms with E-state index in [0.717, 1.165) is 22.4 Å². The number of aromatic nitrogens is 2. The molecule has 0 atom stereocenters. The Hall–Kier alpha value is -3.84. The van der Waals surface area contributed by atoms with Crippen molar-refractivity contribution >= 4 is 34.2 Å². The number of pyridine rings is 1. The first-order chi connectivity index (χ1) is 14.8. The van der Waals surface area contributed by atoms with Gasteiger partial charge < -0.3 is 4.42 Å². The molecule has 3 heterocycles. The van der Waals surface area contributed by atoms with Gasteiger partial charge in [-0.15, -0.1) is 11.3 Å². The standard InChI is InChI=1S/C23H15FN4OS/c24-17-8-10-18(11-9-17)27-23-28(26-14-19-6-3-4-12-25-19)20(15-30-23)22-13-16-5-1-2-7-21(16)29-22/h1-15H. The first kappa shape index (κ1) is 18.2. The highest BCUT2D eigenvalue weighted by atomic mass is 32.1. The molecule has 0 radical (unpaired) electrons. The van der Waals surface area contributed by atoms with Gasteiger partial charge in [0.05, 0.1) is 17.6 Å². The van der Waals surface area contributed by atoms with Crippen LogP contribution in [0.25, 0.3) is 22.4 Å². The van der Waals surface area contributed by atoms with Crippen LogP contribution < -0.4 is 4.80 Å². The van der Waals surface area contributed by atoms with Gasteiger partial charge >= 0.3 is 0 Å². The summed E-state index contributed by atoms with van der Waals surface area (Å²) in [4.78, 5) is 9.55. The van der Waals surface area contributed by atoms with E-state index in [9.17, 15) is 4.39 Å². The molecule has 0 saturated heterocycles. The predicted octanol–water partition coefficient (Wildman–Crippen LogP) is 5.61. The summed E-state index contributed by atoms with van der Waals surface area (Å²) in [5, 5.41) is 7.56. The van der Waals surface area contributed by atoms with Gasteiger partial charge in [0, 0.05) is 17.0 Å². The molecule has 5 nitrogen and oxygen atoms in total. The molecule has 7 heteroatoms. The zero-order valence-electron chi connectivity index (χ0n) is 15.6. The van der Waals surface area contributed by atoms with E-state index in [2.05, 4.69) is 15.1 Å². The van der Waals surface area contributed by atoms with Gasteiger partial charge in [-0.25, -0.2) is 14.1 Å². The smallest absolute Gasteiger partial charge is 0.211 e. The summed E-state index contributed by atoms with van der Waals surface area (Å²) < 4.78 is 21.0. The number of hydrogen-bond donors (Lipinski definition) is 0. The van der Waals surface area contributed by atoms with E-state index in [1.54, 1.807) is 29.2 Å².